The van der Waals surface area contributed by atoms with Crippen LogP contribution in [0.15, 0.2) is 42.6 Å². The first-order valence-electron chi connectivity index (χ1n) is 11.2. The monoisotopic (exact) mass is 469 g/mol. The van der Waals surface area contributed by atoms with E-state index >= 15 is 0 Å². The van der Waals surface area contributed by atoms with Crippen LogP contribution in [0, 0.1) is 11.5 Å². The van der Waals surface area contributed by atoms with Crippen molar-refractivity contribution in [1.29, 1.82) is 0 Å². The van der Waals surface area contributed by atoms with E-state index in [1.807, 2.05) is 44.4 Å². The molecule has 0 saturated carbocycles. The molecule has 5 rings (SSSR count). The van der Waals surface area contributed by atoms with Crippen LogP contribution in [0.5, 0.6) is 5.75 Å². The smallest absolute Gasteiger partial charge is 0.254 e. The zero-order chi connectivity index (χ0) is 24.2. The van der Waals surface area contributed by atoms with Crippen molar-refractivity contribution in [2.24, 2.45) is 7.05 Å². The van der Waals surface area contributed by atoms with Crippen molar-refractivity contribution in [2.75, 3.05) is 19.4 Å². The fourth-order valence-electron chi connectivity index (χ4n) is 4.30. The lowest BCUT2D eigenvalue weighted by Crippen LogP contribution is -2.32. The van der Waals surface area contributed by atoms with Gasteiger partial charge in [0.2, 0.25) is 0 Å². The molecule has 0 aliphatic carbocycles. The van der Waals surface area contributed by atoms with E-state index in [1.165, 1.54) is 0 Å². The SMILES string of the molecule is CN(C(=O)c1ccc2nc(N)c3c(cnn3C)c2c1)C1COc2cc(C#C[Si](C)(C)C)ccc21. The summed E-state index contributed by atoms with van der Waals surface area (Å²) in [6.07, 6.45) is 1.76. The van der Waals surface area contributed by atoms with Gasteiger partial charge in [0.1, 0.15) is 31.8 Å². The fraction of sp³-hybridized carbons (Fsp3) is 0.269. The topological polar surface area (TPSA) is 86.3 Å². The summed E-state index contributed by atoms with van der Waals surface area (Å²) >= 11 is 0. The highest BCUT2D eigenvalue weighted by atomic mass is 28.3. The second kappa shape index (κ2) is 7.89. The number of aromatic nitrogens is 3. The predicted octanol–water partition coefficient (Wildman–Crippen LogP) is 4.14. The number of nitrogens with two attached hydrogens (primary N) is 1. The standard InChI is InChI=1S/C26H27N5O2Si/c1-30(22-15-33-23-12-16(6-8-18(22)23)10-11-34(3,4)5)26(32)17-7-9-21-19(13-17)20-14-28-31(2)24(20)25(27)29-21/h6-9,12-14,22H,15H2,1-5H3,(H2,27,29). The lowest BCUT2D eigenvalue weighted by atomic mass is 10.0. The number of fused-ring (bicyclic) bond motifs is 4. The third-order valence-corrected chi connectivity index (χ3v) is 6.97. The van der Waals surface area contributed by atoms with E-state index in [4.69, 9.17) is 10.5 Å². The van der Waals surface area contributed by atoms with E-state index in [-0.39, 0.29) is 11.9 Å². The lowest BCUT2D eigenvalue weighted by Gasteiger charge is -2.24. The molecule has 1 amide bonds. The van der Waals surface area contributed by atoms with Gasteiger partial charge in [-0.05, 0) is 30.3 Å². The van der Waals surface area contributed by atoms with Gasteiger partial charge >= 0.3 is 0 Å². The molecule has 2 aromatic carbocycles. The van der Waals surface area contributed by atoms with Gasteiger partial charge in [-0.2, -0.15) is 5.10 Å². The van der Waals surface area contributed by atoms with E-state index in [2.05, 4.69) is 41.2 Å². The number of nitrogens with zero attached hydrogens (tertiary/aromatic N) is 4. The van der Waals surface area contributed by atoms with E-state index in [1.54, 1.807) is 21.8 Å². The minimum absolute atomic E-state index is 0.0835. The molecule has 1 unspecified atom stereocenters. The van der Waals surface area contributed by atoms with Crippen molar-refractivity contribution in [2.45, 2.75) is 25.7 Å². The van der Waals surface area contributed by atoms with Crippen molar-refractivity contribution < 1.29 is 9.53 Å². The average molecular weight is 470 g/mol. The normalized spacial score (nSPS) is 15.0. The number of carbonyl (C=O) groups excluding carboxylic acids is 1. The molecule has 4 aromatic rings. The van der Waals surface area contributed by atoms with Gasteiger partial charge < -0.3 is 15.4 Å². The summed E-state index contributed by atoms with van der Waals surface area (Å²) in [4.78, 5) is 19.7. The maximum atomic E-state index is 13.5. The first-order valence-corrected chi connectivity index (χ1v) is 14.7. The number of likely N-dealkylation sites (N-methyl/N-ethyl adjacent to an activating group) is 1. The molecular weight excluding hydrogens is 442 g/mol. The number of aryl methyl sites for hydroxylation is 1. The Labute approximate surface area is 199 Å². The minimum Gasteiger partial charge on any atom is -0.491 e. The van der Waals surface area contributed by atoms with Gasteiger partial charge in [-0.1, -0.05) is 31.6 Å². The summed E-state index contributed by atoms with van der Waals surface area (Å²) in [5.74, 6) is 4.41. The molecule has 1 aliphatic rings. The Morgan fingerprint density at radius 1 is 1.21 bits per heavy atom. The number of pyridine rings is 1. The molecule has 34 heavy (non-hydrogen) atoms. The number of hydrogen-bond donors (Lipinski definition) is 1. The largest absolute Gasteiger partial charge is 0.491 e. The predicted molar refractivity (Wildman–Crippen MR) is 137 cm³/mol. The number of benzene rings is 2. The van der Waals surface area contributed by atoms with Crippen LogP contribution in [0.25, 0.3) is 21.8 Å². The van der Waals surface area contributed by atoms with Crippen LogP contribution in [0.3, 0.4) is 0 Å². The molecule has 8 heteroatoms. The number of rotatable bonds is 2. The van der Waals surface area contributed by atoms with Crippen LogP contribution in [0.4, 0.5) is 5.82 Å². The first kappa shape index (κ1) is 22.0. The first-order chi connectivity index (χ1) is 16.1. The Morgan fingerprint density at radius 2 is 2.00 bits per heavy atom. The van der Waals surface area contributed by atoms with Gasteiger partial charge in [-0.15, -0.1) is 5.54 Å². The van der Waals surface area contributed by atoms with Crippen LogP contribution in [0.2, 0.25) is 19.6 Å². The summed E-state index contributed by atoms with van der Waals surface area (Å²) < 4.78 is 7.65. The molecule has 2 N–H and O–H groups in total. The number of nitrogen functional groups attached to an aromatic ring is 1. The molecule has 0 bridgehead atoms. The third kappa shape index (κ3) is 3.78. The van der Waals surface area contributed by atoms with Crippen molar-refractivity contribution in [3.05, 3.63) is 59.3 Å². The zero-order valence-corrected chi connectivity index (χ0v) is 21.0. The van der Waals surface area contributed by atoms with Gasteiger partial charge in [0.05, 0.1) is 17.8 Å². The number of hydrogen-bond acceptors (Lipinski definition) is 5. The number of anilines is 1. The zero-order valence-electron chi connectivity index (χ0n) is 20.0. The maximum absolute atomic E-state index is 13.5. The van der Waals surface area contributed by atoms with Gasteiger partial charge in [0.25, 0.3) is 5.91 Å². The molecule has 2 aromatic heterocycles. The molecule has 172 valence electrons. The molecule has 1 aliphatic heterocycles. The molecule has 0 spiro atoms. The van der Waals surface area contributed by atoms with Crippen LogP contribution in [-0.2, 0) is 7.05 Å². The van der Waals surface area contributed by atoms with Gasteiger partial charge in [-0.3, -0.25) is 9.48 Å². The second-order valence-electron chi connectivity index (χ2n) is 9.75. The molecule has 7 nitrogen and oxygen atoms in total. The molecule has 0 saturated heterocycles. The van der Waals surface area contributed by atoms with Crippen molar-refractivity contribution in [1.82, 2.24) is 19.7 Å². The molecule has 0 fully saturated rings. The Kier molecular flexibility index (Phi) is 5.10. The highest BCUT2D eigenvalue weighted by molar-refractivity contribution is 6.83. The fourth-order valence-corrected chi connectivity index (χ4v) is 4.82. The van der Waals surface area contributed by atoms with E-state index in [9.17, 15) is 4.79 Å². The minimum atomic E-state index is -1.46. The van der Waals surface area contributed by atoms with Gasteiger partial charge in [-0.25, -0.2) is 4.98 Å². The van der Waals surface area contributed by atoms with E-state index in [0.717, 1.165) is 38.7 Å². The Balaban J connectivity index is 1.46. The van der Waals surface area contributed by atoms with Crippen LogP contribution >= 0.6 is 0 Å². The third-order valence-electron chi connectivity index (χ3n) is 6.09. The van der Waals surface area contributed by atoms with Crippen molar-refractivity contribution in [3.63, 3.8) is 0 Å². The van der Waals surface area contributed by atoms with Gasteiger partial charge in [0.15, 0.2) is 0 Å². The van der Waals surface area contributed by atoms with Crippen LogP contribution < -0.4 is 10.5 Å². The summed E-state index contributed by atoms with van der Waals surface area (Å²) in [5.41, 5.74) is 13.5. The summed E-state index contributed by atoms with van der Waals surface area (Å²) in [5, 5.41) is 6.05. The number of ether oxygens (including phenoxy) is 1. The van der Waals surface area contributed by atoms with Crippen LogP contribution in [-0.4, -0.2) is 47.3 Å². The molecule has 3 heterocycles. The molecule has 0 radical (unpaired) electrons. The number of carbonyl (C=O) groups is 1. The average Bonchev–Trinajstić information content (AvgIpc) is 3.40. The Bertz CT molecular complexity index is 1520. The second-order valence-corrected chi connectivity index (χ2v) is 14.5. The van der Waals surface area contributed by atoms with E-state index in [0.29, 0.717) is 18.0 Å². The van der Waals surface area contributed by atoms with Crippen LogP contribution in [0.1, 0.15) is 27.5 Å². The van der Waals surface area contributed by atoms with Crippen molar-refractivity contribution >= 4 is 41.6 Å². The van der Waals surface area contributed by atoms with E-state index < -0.39 is 8.07 Å². The lowest BCUT2D eigenvalue weighted by molar-refractivity contribution is 0.0708. The summed E-state index contributed by atoms with van der Waals surface area (Å²) in [6.45, 7) is 7.08. The van der Waals surface area contributed by atoms with Gasteiger partial charge in [0, 0.05) is 41.6 Å². The summed E-state index contributed by atoms with van der Waals surface area (Å²) in [6, 6.07) is 11.3. The molecule has 1 atom stereocenters. The molecular formula is C26H27N5O2Si. The quantitative estimate of drug-likeness (QED) is 0.352. The maximum Gasteiger partial charge on any atom is 0.254 e. The highest BCUT2D eigenvalue weighted by Crippen LogP contribution is 2.37. The highest BCUT2D eigenvalue weighted by Gasteiger charge is 2.31. The summed E-state index contributed by atoms with van der Waals surface area (Å²) in [7, 11) is 2.18. The Morgan fingerprint density at radius 3 is 2.76 bits per heavy atom. The number of amides is 1. The van der Waals surface area contributed by atoms with Crippen molar-refractivity contribution in [3.8, 4) is 17.2 Å². The Hall–Kier alpha value is -3.83.